The molecule has 1 amide bonds. The van der Waals surface area contributed by atoms with Crippen molar-refractivity contribution in [3.63, 3.8) is 0 Å². The lowest BCUT2D eigenvalue weighted by Gasteiger charge is -2.28. The minimum Gasteiger partial charge on any atom is -0.338 e. The minimum atomic E-state index is -0.314. The van der Waals surface area contributed by atoms with Gasteiger partial charge in [-0.25, -0.2) is 0 Å². The Morgan fingerprint density at radius 1 is 1.12 bits per heavy atom. The summed E-state index contributed by atoms with van der Waals surface area (Å²) in [7, 11) is 0. The lowest BCUT2D eigenvalue weighted by Crippen LogP contribution is -2.35. The molecule has 1 saturated heterocycles. The highest BCUT2D eigenvalue weighted by Crippen LogP contribution is 2.35. The van der Waals surface area contributed by atoms with Gasteiger partial charge in [0.2, 0.25) is 5.91 Å². The Hall–Kier alpha value is -3.58. The highest BCUT2D eigenvalue weighted by atomic mass is 16.6. The first-order valence-electron chi connectivity index (χ1n) is 11.6. The minimum absolute atomic E-state index is 0.0312. The lowest BCUT2D eigenvalue weighted by atomic mass is 9.88. The van der Waals surface area contributed by atoms with Crippen LogP contribution in [0.15, 0.2) is 73.1 Å². The number of likely N-dealkylation sites (tertiary alicyclic amines) is 1. The van der Waals surface area contributed by atoms with Crippen molar-refractivity contribution in [3.8, 4) is 0 Å². The molecule has 1 aliphatic rings. The van der Waals surface area contributed by atoms with Crippen LogP contribution in [0.5, 0.6) is 0 Å². The number of aryl methyl sites for hydroxylation is 1. The number of amides is 1. The molecule has 0 aliphatic carbocycles. The van der Waals surface area contributed by atoms with Crippen molar-refractivity contribution in [2.45, 2.75) is 32.9 Å². The van der Waals surface area contributed by atoms with Crippen LogP contribution < -0.4 is 0 Å². The predicted molar refractivity (Wildman–Crippen MR) is 131 cm³/mol. The van der Waals surface area contributed by atoms with Gasteiger partial charge in [0, 0.05) is 69.6 Å². The first-order valence-corrected chi connectivity index (χ1v) is 11.6. The zero-order valence-corrected chi connectivity index (χ0v) is 19.6. The Kier molecular flexibility index (Phi) is 7.33. The summed E-state index contributed by atoms with van der Waals surface area (Å²) >= 11 is 0. The highest BCUT2D eigenvalue weighted by Gasteiger charge is 2.36. The number of hydrogen-bond donors (Lipinski definition) is 0. The van der Waals surface area contributed by atoms with E-state index in [-0.39, 0.29) is 28.4 Å². The number of pyridine rings is 1. The number of nitro groups is 1. The molecule has 1 aliphatic heterocycles. The molecule has 7 heteroatoms. The Morgan fingerprint density at radius 2 is 1.88 bits per heavy atom. The molecular weight excluding hydrogens is 428 g/mol. The molecular formula is C27H30N4O3. The Balaban J connectivity index is 1.57. The monoisotopic (exact) mass is 458 g/mol. The van der Waals surface area contributed by atoms with Crippen LogP contribution in [0.25, 0.3) is 0 Å². The maximum absolute atomic E-state index is 12.5. The zero-order valence-electron chi connectivity index (χ0n) is 19.6. The fourth-order valence-electron chi connectivity index (χ4n) is 4.83. The van der Waals surface area contributed by atoms with Crippen molar-refractivity contribution < 1.29 is 9.72 Å². The summed E-state index contributed by atoms with van der Waals surface area (Å²) in [5, 5.41) is 11.5. The van der Waals surface area contributed by atoms with E-state index >= 15 is 0 Å². The average Bonchev–Trinajstić information content (AvgIpc) is 3.22. The molecule has 0 bridgehead atoms. The number of benzene rings is 2. The van der Waals surface area contributed by atoms with Crippen LogP contribution in [-0.4, -0.2) is 45.2 Å². The molecule has 7 nitrogen and oxygen atoms in total. The first kappa shape index (κ1) is 23.6. The summed E-state index contributed by atoms with van der Waals surface area (Å²) < 4.78 is 0. The van der Waals surface area contributed by atoms with Crippen LogP contribution in [-0.2, 0) is 17.9 Å². The van der Waals surface area contributed by atoms with Gasteiger partial charge < -0.3 is 4.90 Å². The third-order valence-electron chi connectivity index (χ3n) is 6.60. The molecule has 4 rings (SSSR count). The van der Waals surface area contributed by atoms with E-state index in [1.54, 1.807) is 31.5 Å². The molecule has 1 aromatic heterocycles. The third-order valence-corrected chi connectivity index (χ3v) is 6.60. The fraction of sp³-hybridized carbons (Fsp3) is 0.333. The number of rotatable bonds is 8. The van der Waals surface area contributed by atoms with Crippen LogP contribution in [0.3, 0.4) is 0 Å². The van der Waals surface area contributed by atoms with Gasteiger partial charge in [0.05, 0.1) is 4.92 Å². The second-order valence-electron chi connectivity index (χ2n) is 9.12. The van der Waals surface area contributed by atoms with Crippen molar-refractivity contribution in [2.75, 3.05) is 19.6 Å². The summed E-state index contributed by atoms with van der Waals surface area (Å²) in [6.07, 6.45) is 3.52. The smallest absolute Gasteiger partial charge is 0.273 e. The molecule has 0 radical (unpaired) electrons. The number of carbonyl (C=O) groups is 1. The molecule has 0 saturated carbocycles. The highest BCUT2D eigenvalue weighted by molar-refractivity contribution is 5.73. The number of nitrogens with zero attached hydrogens (tertiary/aromatic N) is 4. The van der Waals surface area contributed by atoms with E-state index in [9.17, 15) is 14.9 Å². The summed E-state index contributed by atoms with van der Waals surface area (Å²) in [6, 6.07) is 19.4. The topological polar surface area (TPSA) is 79.6 Å². The van der Waals surface area contributed by atoms with Gasteiger partial charge in [-0.3, -0.25) is 24.8 Å². The van der Waals surface area contributed by atoms with E-state index in [4.69, 9.17) is 0 Å². The van der Waals surface area contributed by atoms with Crippen LogP contribution in [0.4, 0.5) is 5.69 Å². The molecule has 34 heavy (non-hydrogen) atoms. The average molecular weight is 459 g/mol. The zero-order chi connectivity index (χ0) is 24.1. The molecule has 2 heterocycles. The van der Waals surface area contributed by atoms with Gasteiger partial charge >= 0.3 is 0 Å². The predicted octanol–water partition coefficient (Wildman–Crippen LogP) is 4.56. The molecule has 176 valence electrons. The van der Waals surface area contributed by atoms with Gasteiger partial charge in [0.25, 0.3) is 5.69 Å². The fourth-order valence-corrected chi connectivity index (χ4v) is 4.83. The van der Waals surface area contributed by atoms with Crippen LogP contribution in [0.1, 0.15) is 35.1 Å². The van der Waals surface area contributed by atoms with Gasteiger partial charge in [0.1, 0.15) is 0 Å². The van der Waals surface area contributed by atoms with Gasteiger partial charge in [0.15, 0.2) is 0 Å². The number of para-hydroxylation sites is 1. The SMILES string of the molecule is CC(=O)N(Cc1cccnc1)C[C@@H]1CN(Cc2ccccc2[N+](=O)[O-])C[C@@H]1c1ccc(C)cc1. The van der Waals surface area contributed by atoms with Gasteiger partial charge in [-0.15, -0.1) is 0 Å². The number of hydrogen-bond acceptors (Lipinski definition) is 5. The quantitative estimate of drug-likeness (QED) is 0.365. The maximum atomic E-state index is 12.5. The summed E-state index contributed by atoms with van der Waals surface area (Å²) in [5.74, 6) is 0.480. The van der Waals surface area contributed by atoms with E-state index in [0.29, 0.717) is 19.6 Å². The molecule has 0 N–H and O–H groups in total. The van der Waals surface area contributed by atoms with E-state index in [2.05, 4.69) is 41.1 Å². The van der Waals surface area contributed by atoms with E-state index in [1.165, 1.54) is 11.1 Å². The third kappa shape index (κ3) is 5.66. The van der Waals surface area contributed by atoms with Crippen LogP contribution in [0, 0.1) is 23.0 Å². The van der Waals surface area contributed by atoms with Crippen molar-refractivity contribution in [1.82, 2.24) is 14.8 Å². The van der Waals surface area contributed by atoms with E-state index < -0.39 is 0 Å². The van der Waals surface area contributed by atoms with E-state index in [0.717, 1.165) is 24.2 Å². The molecule has 2 aromatic carbocycles. The van der Waals surface area contributed by atoms with Crippen LogP contribution >= 0.6 is 0 Å². The summed E-state index contributed by atoms with van der Waals surface area (Å²) in [4.78, 5) is 32.1. The maximum Gasteiger partial charge on any atom is 0.273 e. The van der Waals surface area contributed by atoms with Crippen molar-refractivity contribution in [2.24, 2.45) is 5.92 Å². The van der Waals surface area contributed by atoms with E-state index in [1.807, 2.05) is 29.2 Å². The normalized spacial score (nSPS) is 18.1. The molecule has 2 atom stereocenters. The number of aromatic nitrogens is 1. The lowest BCUT2D eigenvalue weighted by molar-refractivity contribution is -0.385. The Labute approximate surface area is 200 Å². The van der Waals surface area contributed by atoms with Gasteiger partial charge in [-0.05, 0) is 30.0 Å². The van der Waals surface area contributed by atoms with Gasteiger partial charge in [-0.1, -0.05) is 54.1 Å². The number of nitro benzene ring substituents is 1. The molecule has 0 unspecified atom stereocenters. The van der Waals surface area contributed by atoms with Crippen molar-refractivity contribution in [1.29, 1.82) is 0 Å². The van der Waals surface area contributed by atoms with Crippen LogP contribution in [0.2, 0.25) is 0 Å². The second-order valence-corrected chi connectivity index (χ2v) is 9.12. The molecule has 1 fully saturated rings. The largest absolute Gasteiger partial charge is 0.338 e. The summed E-state index contributed by atoms with van der Waals surface area (Å²) in [5.41, 5.74) is 4.32. The van der Waals surface area contributed by atoms with Crippen molar-refractivity contribution in [3.05, 3.63) is 105 Å². The Morgan fingerprint density at radius 3 is 2.56 bits per heavy atom. The molecule has 3 aromatic rings. The first-order chi connectivity index (χ1) is 16.4. The number of carbonyl (C=O) groups excluding carboxylic acids is 1. The summed E-state index contributed by atoms with van der Waals surface area (Å²) in [6.45, 7) is 6.89. The standard InChI is InChI=1S/C27H30N4O3/c1-20-9-11-23(12-10-20)26-19-29(16-24-7-3-4-8-27(24)31(33)34)17-25(26)18-30(21(2)32)15-22-6-5-13-28-14-22/h3-14,25-26H,15-19H2,1-2H3/t25-,26+/m0/s1. The second kappa shape index (κ2) is 10.6. The Bertz CT molecular complexity index is 1130. The molecule has 0 spiro atoms. The van der Waals surface area contributed by atoms with Gasteiger partial charge in [-0.2, -0.15) is 0 Å². The van der Waals surface area contributed by atoms with Crippen molar-refractivity contribution >= 4 is 11.6 Å².